The average molecular weight is 474 g/mol. The Morgan fingerprint density at radius 1 is 1.15 bits per heavy atom. The quantitative estimate of drug-likeness (QED) is 0.397. The zero-order valence-electron chi connectivity index (χ0n) is 17.5. The Morgan fingerprint density at radius 2 is 1.91 bits per heavy atom. The lowest BCUT2D eigenvalue weighted by atomic mass is 9.99. The fourth-order valence-electron chi connectivity index (χ4n) is 3.73. The first-order valence-corrected chi connectivity index (χ1v) is 11.5. The molecule has 1 atom stereocenters. The van der Waals surface area contributed by atoms with E-state index in [1.54, 1.807) is 6.92 Å². The Kier molecular flexibility index (Phi) is 6.00. The van der Waals surface area contributed by atoms with Gasteiger partial charge in [-0.2, -0.15) is 4.39 Å². The van der Waals surface area contributed by atoms with Crippen molar-refractivity contribution in [3.8, 4) is 0 Å². The highest BCUT2D eigenvalue weighted by molar-refractivity contribution is 7.92. The monoisotopic (exact) mass is 474 g/mol. The second-order valence-corrected chi connectivity index (χ2v) is 9.00. The molecule has 3 N–H and O–H groups in total. The summed E-state index contributed by atoms with van der Waals surface area (Å²) >= 11 is 0. The molecule has 0 saturated heterocycles. The first-order valence-electron chi connectivity index (χ1n) is 9.99. The van der Waals surface area contributed by atoms with Crippen molar-refractivity contribution in [2.75, 3.05) is 11.3 Å². The van der Waals surface area contributed by atoms with Crippen LogP contribution in [0.1, 0.15) is 24.1 Å². The van der Waals surface area contributed by atoms with Gasteiger partial charge >= 0.3 is 5.76 Å². The van der Waals surface area contributed by atoms with Crippen LogP contribution in [0.5, 0.6) is 0 Å². The minimum atomic E-state index is -4.48. The van der Waals surface area contributed by atoms with Crippen LogP contribution in [-0.4, -0.2) is 24.5 Å². The smallest absolute Gasteiger partial charge is 0.408 e. The Labute approximate surface area is 187 Å². The molecular weight excluding hydrogens is 454 g/mol. The fraction of sp³-hybridized carbons (Fsp3) is 0.182. The summed E-state index contributed by atoms with van der Waals surface area (Å²) in [5, 5.41) is 0. The van der Waals surface area contributed by atoms with E-state index in [-0.39, 0.29) is 16.9 Å². The number of fused-ring (bicyclic) bond motifs is 1. The Balaban J connectivity index is 1.79. The number of nitrogens with zero attached hydrogens (tertiary/aromatic N) is 2. The SMILES string of the molecule is C[C@H](c1ccccc1CCN)n1c(=O)oc2cc(S(=O)(=O)Nc3cccc(F)n3)c(F)cc21. The highest BCUT2D eigenvalue weighted by atomic mass is 32.2. The molecule has 4 rings (SSSR count). The zero-order valence-corrected chi connectivity index (χ0v) is 18.3. The molecule has 0 radical (unpaired) electrons. The van der Waals surface area contributed by atoms with Crippen LogP contribution >= 0.6 is 0 Å². The van der Waals surface area contributed by atoms with Crippen molar-refractivity contribution >= 4 is 26.9 Å². The minimum absolute atomic E-state index is 0.0929. The van der Waals surface area contributed by atoms with Crippen LogP contribution in [0, 0.1) is 11.8 Å². The summed E-state index contributed by atoms with van der Waals surface area (Å²) in [7, 11) is -4.48. The van der Waals surface area contributed by atoms with Crippen LogP contribution in [0.15, 0.2) is 68.7 Å². The maximum absolute atomic E-state index is 15.0. The number of sulfonamides is 1. The molecule has 8 nitrogen and oxygen atoms in total. The molecule has 33 heavy (non-hydrogen) atoms. The first-order chi connectivity index (χ1) is 15.7. The molecule has 172 valence electrons. The molecule has 0 aliphatic rings. The van der Waals surface area contributed by atoms with E-state index in [0.717, 1.165) is 29.3 Å². The molecular formula is C22H20F2N4O4S. The lowest BCUT2D eigenvalue weighted by Crippen LogP contribution is -2.21. The third-order valence-electron chi connectivity index (χ3n) is 5.22. The van der Waals surface area contributed by atoms with Crippen LogP contribution in [-0.2, 0) is 16.4 Å². The van der Waals surface area contributed by atoms with E-state index < -0.39 is 38.5 Å². The van der Waals surface area contributed by atoms with Gasteiger partial charge in [0.1, 0.15) is 16.5 Å². The average Bonchev–Trinajstić information content (AvgIpc) is 3.07. The number of nitrogens with one attached hydrogen (secondary N) is 1. The van der Waals surface area contributed by atoms with Crippen LogP contribution in [0.25, 0.3) is 11.1 Å². The second-order valence-electron chi connectivity index (χ2n) is 7.35. The topological polar surface area (TPSA) is 120 Å². The van der Waals surface area contributed by atoms with Crippen molar-refractivity contribution in [3.05, 3.63) is 88.0 Å². The summed E-state index contributed by atoms with van der Waals surface area (Å²) in [6, 6.07) is 12.2. The fourth-order valence-corrected chi connectivity index (χ4v) is 4.81. The molecule has 0 aliphatic carbocycles. The molecule has 2 aromatic carbocycles. The molecule has 0 spiro atoms. The molecule has 0 aliphatic heterocycles. The Morgan fingerprint density at radius 3 is 2.64 bits per heavy atom. The van der Waals surface area contributed by atoms with Gasteiger partial charge in [0, 0.05) is 12.1 Å². The molecule has 0 amide bonds. The third-order valence-corrected chi connectivity index (χ3v) is 6.59. The van der Waals surface area contributed by atoms with Gasteiger partial charge in [0.15, 0.2) is 5.58 Å². The number of benzene rings is 2. The van der Waals surface area contributed by atoms with Crippen LogP contribution in [0.2, 0.25) is 0 Å². The van der Waals surface area contributed by atoms with Crippen molar-refractivity contribution in [1.29, 1.82) is 0 Å². The van der Waals surface area contributed by atoms with Gasteiger partial charge in [-0.25, -0.2) is 22.6 Å². The Hall–Kier alpha value is -3.57. The number of rotatable bonds is 7. The van der Waals surface area contributed by atoms with E-state index in [1.807, 2.05) is 29.0 Å². The maximum Gasteiger partial charge on any atom is 0.420 e. The standard InChI is InChI=1S/C22H20F2N4O4S/c1-13(15-6-3-2-5-14(15)9-10-25)28-17-11-16(23)19(12-18(17)32-22(28)29)33(30,31)27-21-8-4-7-20(24)26-21/h2-8,11-13H,9-10,25H2,1H3,(H,26,27)/t13-/m1/s1. The minimum Gasteiger partial charge on any atom is -0.408 e. The molecule has 0 saturated carbocycles. The van der Waals surface area contributed by atoms with Crippen molar-refractivity contribution in [3.63, 3.8) is 0 Å². The van der Waals surface area contributed by atoms with Gasteiger partial charge in [0.2, 0.25) is 5.95 Å². The number of halogens is 2. The van der Waals surface area contributed by atoms with E-state index >= 15 is 0 Å². The summed E-state index contributed by atoms with van der Waals surface area (Å²) in [6.07, 6.45) is 0.585. The lowest BCUT2D eigenvalue weighted by Gasteiger charge is -2.17. The maximum atomic E-state index is 15.0. The van der Waals surface area contributed by atoms with Gasteiger partial charge in [-0.15, -0.1) is 0 Å². The highest BCUT2D eigenvalue weighted by Gasteiger charge is 2.25. The van der Waals surface area contributed by atoms with Crippen molar-refractivity contribution in [2.24, 2.45) is 5.73 Å². The number of hydrogen-bond acceptors (Lipinski definition) is 6. The van der Waals surface area contributed by atoms with Crippen molar-refractivity contribution < 1.29 is 21.6 Å². The van der Waals surface area contributed by atoms with Crippen LogP contribution in [0.3, 0.4) is 0 Å². The van der Waals surface area contributed by atoms with E-state index in [2.05, 4.69) is 4.98 Å². The molecule has 0 unspecified atom stereocenters. The molecule has 0 bridgehead atoms. The van der Waals surface area contributed by atoms with Crippen LogP contribution in [0.4, 0.5) is 14.6 Å². The molecule has 2 heterocycles. The van der Waals surface area contributed by atoms with Crippen molar-refractivity contribution in [1.82, 2.24) is 9.55 Å². The number of oxazole rings is 1. The van der Waals surface area contributed by atoms with Gasteiger partial charge < -0.3 is 10.2 Å². The number of anilines is 1. The predicted octanol–water partition coefficient (Wildman–Crippen LogP) is 3.18. The van der Waals surface area contributed by atoms with Gasteiger partial charge in [0.25, 0.3) is 10.0 Å². The van der Waals surface area contributed by atoms with E-state index in [1.165, 1.54) is 16.7 Å². The summed E-state index contributed by atoms with van der Waals surface area (Å²) in [5.41, 5.74) is 7.40. The summed E-state index contributed by atoms with van der Waals surface area (Å²) in [5.74, 6) is -3.10. The number of hydrogen-bond donors (Lipinski definition) is 2. The normalized spacial score (nSPS) is 12.7. The van der Waals surface area contributed by atoms with E-state index in [0.29, 0.717) is 13.0 Å². The van der Waals surface area contributed by atoms with Gasteiger partial charge in [-0.1, -0.05) is 30.3 Å². The predicted molar refractivity (Wildman–Crippen MR) is 118 cm³/mol. The summed E-state index contributed by atoms with van der Waals surface area (Å²) in [4.78, 5) is 15.3. The number of nitrogens with two attached hydrogens (primary N) is 1. The summed E-state index contributed by atoms with van der Waals surface area (Å²) in [6.45, 7) is 2.17. The first kappa shape index (κ1) is 22.6. The van der Waals surface area contributed by atoms with Crippen molar-refractivity contribution in [2.45, 2.75) is 24.3 Å². The Bertz CT molecular complexity index is 1500. The zero-order chi connectivity index (χ0) is 23.8. The molecule has 2 aromatic heterocycles. The van der Waals surface area contributed by atoms with E-state index in [9.17, 15) is 22.0 Å². The largest absolute Gasteiger partial charge is 0.420 e. The lowest BCUT2D eigenvalue weighted by molar-refractivity contribution is 0.488. The molecule has 0 fully saturated rings. The number of pyridine rings is 1. The summed E-state index contributed by atoms with van der Waals surface area (Å²) < 4.78 is 62.2. The van der Waals surface area contributed by atoms with Crippen LogP contribution < -0.4 is 16.2 Å². The molecule has 11 heteroatoms. The highest BCUT2D eigenvalue weighted by Crippen LogP contribution is 2.29. The number of aromatic nitrogens is 2. The van der Waals surface area contributed by atoms with Gasteiger partial charge in [0.05, 0.1) is 11.6 Å². The van der Waals surface area contributed by atoms with Gasteiger partial charge in [-0.3, -0.25) is 9.29 Å². The van der Waals surface area contributed by atoms with E-state index in [4.69, 9.17) is 10.2 Å². The molecule has 4 aromatic rings. The second kappa shape index (κ2) is 8.75. The van der Waals surface area contributed by atoms with Gasteiger partial charge in [-0.05, 0) is 43.1 Å². The third kappa shape index (κ3) is 4.37.